The number of nitrogens with one attached hydrogen (secondary N) is 2. The van der Waals surface area contributed by atoms with Crippen LogP contribution in [0.2, 0.25) is 0 Å². The first-order valence-corrected chi connectivity index (χ1v) is 3.47. The lowest BCUT2D eigenvalue weighted by Crippen LogP contribution is -2.33. The van der Waals surface area contributed by atoms with Crippen molar-refractivity contribution in [3.05, 3.63) is 0 Å². The Morgan fingerprint density at radius 3 is 2.73 bits per heavy atom. The molecule has 0 aliphatic heterocycles. The van der Waals surface area contributed by atoms with Crippen molar-refractivity contribution in [3.63, 3.8) is 0 Å². The first kappa shape index (κ1) is 9.90. The van der Waals surface area contributed by atoms with Gasteiger partial charge in [-0.25, -0.2) is 10.2 Å². The van der Waals surface area contributed by atoms with Crippen LogP contribution in [0.1, 0.15) is 13.8 Å². The number of rotatable bonds is 3. The molecular weight excluding hydrogens is 144 g/mol. The van der Waals surface area contributed by atoms with E-state index in [0.29, 0.717) is 18.8 Å². The fraction of sp³-hybridized carbons (Fsp3) is 0.667. The zero-order chi connectivity index (χ0) is 8.69. The predicted molar refractivity (Wildman–Crippen MR) is 44.4 cm³/mol. The van der Waals surface area contributed by atoms with E-state index in [0.717, 1.165) is 0 Å². The number of carbonyl (C=O) groups is 1. The van der Waals surface area contributed by atoms with Gasteiger partial charge in [-0.05, 0) is 13.8 Å². The van der Waals surface area contributed by atoms with E-state index in [1.807, 2.05) is 6.92 Å². The third kappa shape index (κ3) is 5.35. The van der Waals surface area contributed by atoms with Gasteiger partial charge in [0.1, 0.15) is 0 Å². The molecule has 2 amide bonds. The second-order valence-corrected chi connectivity index (χ2v) is 2.02. The van der Waals surface area contributed by atoms with Crippen molar-refractivity contribution in [2.24, 2.45) is 10.8 Å². The van der Waals surface area contributed by atoms with Crippen molar-refractivity contribution in [1.82, 2.24) is 10.7 Å². The molecular formula is C6H14N4O. The van der Waals surface area contributed by atoms with Gasteiger partial charge in [0.2, 0.25) is 0 Å². The SMILES string of the molecule is CCNC(=O)N/N=C(\C)CN. The van der Waals surface area contributed by atoms with Gasteiger partial charge in [0.05, 0.1) is 0 Å². The number of hydrogen-bond donors (Lipinski definition) is 3. The third-order valence-corrected chi connectivity index (χ3v) is 0.981. The number of urea groups is 1. The summed E-state index contributed by atoms with van der Waals surface area (Å²) in [6.45, 7) is 4.51. The summed E-state index contributed by atoms with van der Waals surface area (Å²) in [4.78, 5) is 10.7. The molecule has 4 N–H and O–H groups in total. The molecule has 0 aromatic heterocycles. The molecule has 0 unspecified atom stereocenters. The molecule has 5 heteroatoms. The molecule has 5 nitrogen and oxygen atoms in total. The van der Waals surface area contributed by atoms with Gasteiger partial charge in [0.15, 0.2) is 0 Å². The van der Waals surface area contributed by atoms with Crippen LogP contribution >= 0.6 is 0 Å². The van der Waals surface area contributed by atoms with Gasteiger partial charge in [-0.3, -0.25) is 0 Å². The monoisotopic (exact) mass is 158 g/mol. The van der Waals surface area contributed by atoms with Crippen molar-refractivity contribution >= 4 is 11.7 Å². The van der Waals surface area contributed by atoms with E-state index < -0.39 is 0 Å². The van der Waals surface area contributed by atoms with Gasteiger partial charge in [0, 0.05) is 18.8 Å². The Hall–Kier alpha value is -1.10. The summed E-state index contributed by atoms with van der Waals surface area (Å²) in [6.07, 6.45) is 0. The van der Waals surface area contributed by atoms with Crippen LogP contribution in [-0.4, -0.2) is 24.8 Å². The highest BCUT2D eigenvalue weighted by Crippen LogP contribution is 1.70. The summed E-state index contributed by atoms with van der Waals surface area (Å²) in [7, 11) is 0. The summed E-state index contributed by atoms with van der Waals surface area (Å²) < 4.78 is 0. The van der Waals surface area contributed by atoms with E-state index in [1.54, 1.807) is 6.92 Å². The largest absolute Gasteiger partial charge is 0.337 e. The van der Waals surface area contributed by atoms with E-state index in [2.05, 4.69) is 15.8 Å². The lowest BCUT2D eigenvalue weighted by atomic mass is 10.4. The quantitative estimate of drug-likeness (QED) is 0.387. The van der Waals surface area contributed by atoms with E-state index in [9.17, 15) is 4.79 Å². The van der Waals surface area contributed by atoms with Crippen LogP contribution < -0.4 is 16.5 Å². The molecule has 0 saturated heterocycles. The molecule has 0 aliphatic carbocycles. The van der Waals surface area contributed by atoms with Crippen LogP contribution in [0.5, 0.6) is 0 Å². The predicted octanol–water partition coefficient (Wildman–Crippen LogP) is -0.360. The Kier molecular flexibility index (Phi) is 5.10. The van der Waals surface area contributed by atoms with E-state index in [4.69, 9.17) is 5.73 Å². The maximum Gasteiger partial charge on any atom is 0.335 e. The summed E-state index contributed by atoms with van der Waals surface area (Å²) in [6, 6.07) is -0.305. The smallest absolute Gasteiger partial charge is 0.335 e. The van der Waals surface area contributed by atoms with E-state index >= 15 is 0 Å². The van der Waals surface area contributed by atoms with Crippen LogP contribution in [0, 0.1) is 0 Å². The summed E-state index contributed by atoms with van der Waals surface area (Å²) in [5, 5.41) is 6.22. The third-order valence-electron chi connectivity index (χ3n) is 0.981. The van der Waals surface area contributed by atoms with Crippen molar-refractivity contribution in [2.45, 2.75) is 13.8 Å². The lowest BCUT2D eigenvalue weighted by molar-refractivity contribution is 0.242. The molecule has 0 atom stereocenters. The van der Waals surface area contributed by atoms with Crippen molar-refractivity contribution < 1.29 is 4.79 Å². The number of hydrazone groups is 1. The topological polar surface area (TPSA) is 79.5 Å². The molecule has 0 fully saturated rings. The molecule has 0 heterocycles. The number of hydrogen-bond acceptors (Lipinski definition) is 3. The highest BCUT2D eigenvalue weighted by atomic mass is 16.2. The van der Waals surface area contributed by atoms with Crippen LogP contribution in [0.15, 0.2) is 5.10 Å². The van der Waals surface area contributed by atoms with Gasteiger partial charge in [-0.2, -0.15) is 5.10 Å². The molecule has 0 radical (unpaired) electrons. The molecule has 0 aromatic carbocycles. The van der Waals surface area contributed by atoms with Gasteiger partial charge < -0.3 is 11.1 Å². The van der Waals surface area contributed by atoms with Gasteiger partial charge in [0.25, 0.3) is 0 Å². The fourth-order valence-corrected chi connectivity index (χ4v) is 0.392. The maximum atomic E-state index is 10.7. The second kappa shape index (κ2) is 5.67. The van der Waals surface area contributed by atoms with Gasteiger partial charge in [-0.15, -0.1) is 0 Å². The average molecular weight is 158 g/mol. The van der Waals surface area contributed by atoms with Crippen molar-refractivity contribution in [2.75, 3.05) is 13.1 Å². The average Bonchev–Trinajstić information content (AvgIpc) is 2.01. The van der Waals surface area contributed by atoms with Crippen molar-refractivity contribution in [1.29, 1.82) is 0 Å². The fourth-order valence-electron chi connectivity index (χ4n) is 0.392. The lowest BCUT2D eigenvalue weighted by Gasteiger charge is -2.00. The van der Waals surface area contributed by atoms with Crippen LogP contribution in [0.4, 0.5) is 4.79 Å². The summed E-state index contributed by atoms with van der Waals surface area (Å²) >= 11 is 0. The van der Waals surface area contributed by atoms with E-state index in [-0.39, 0.29) is 6.03 Å². The second-order valence-electron chi connectivity index (χ2n) is 2.02. The molecule has 0 saturated carbocycles. The highest BCUT2D eigenvalue weighted by molar-refractivity contribution is 5.85. The normalized spacial score (nSPS) is 11.0. The zero-order valence-corrected chi connectivity index (χ0v) is 6.85. The standard InChI is InChI=1S/C6H14N4O/c1-3-8-6(11)10-9-5(2)4-7/h3-4,7H2,1-2H3,(H2,8,10,11)/b9-5+. The minimum Gasteiger partial charge on any atom is -0.337 e. The summed E-state index contributed by atoms with van der Waals surface area (Å²) in [5.74, 6) is 0. The zero-order valence-electron chi connectivity index (χ0n) is 6.85. The molecule has 0 spiro atoms. The maximum absolute atomic E-state index is 10.7. The number of amides is 2. The van der Waals surface area contributed by atoms with Crippen molar-refractivity contribution in [3.8, 4) is 0 Å². The highest BCUT2D eigenvalue weighted by Gasteiger charge is 1.93. The molecule has 64 valence electrons. The Morgan fingerprint density at radius 2 is 2.27 bits per heavy atom. The van der Waals surface area contributed by atoms with Crippen LogP contribution in [-0.2, 0) is 0 Å². The molecule has 0 aliphatic rings. The molecule has 0 bridgehead atoms. The first-order chi connectivity index (χ1) is 5.20. The Bertz CT molecular complexity index is 155. The Labute approximate surface area is 66.0 Å². The van der Waals surface area contributed by atoms with Crippen LogP contribution in [0.25, 0.3) is 0 Å². The number of nitrogens with zero attached hydrogens (tertiary/aromatic N) is 1. The van der Waals surface area contributed by atoms with E-state index in [1.165, 1.54) is 0 Å². The molecule has 0 rings (SSSR count). The number of nitrogens with two attached hydrogens (primary N) is 1. The van der Waals surface area contributed by atoms with Gasteiger partial charge >= 0.3 is 6.03 Å². The van der Waals surface area contributed by atoms with Gasteiger partial charge in [-0.1, -0.05) is 0 Å². The van der Waals surface area contributed by atoms with Crippen LogP contribution in [0.3, 0.4) is 0 Å². The minimum atomic E-state index is -0.305. The minimum absolute atomic E-state index is 0.305. The molecule has 11 heavy (non-hydrogen) atoms. The number of carbonyl (C=O) groups excluding carboxylic acids is 1. The molecule has 0 aromatic rings. The summed E-state index contributed by atoms with van der Waals surface area (Å²) in [5.41, 5.74) is 8.21. The first-order valence-electron chi connectivity index (χ1n) is 3.47. The Balaban J connectivity index is 3.60. The Morgan fingerprint density at radius 1 is 1.64 bits per heavy atom.